The van der Waals surface area contributed by atoms with E-state index in [2.05, 4.69) is 0 Å². The van der Waals surface area contributed by atoms with Crippen molar-refractivity contribution < 1.29 is 14.6 Å². The fourth-order valence-electron chi connectivity index (χ4n) is 1.81. The molecule has 5 heteroatoms. The Morgan fingerprint density at radius 1 is 1.10 bits per heavy atom. The molecule has 0 aromatic heterocycles. The van der Waals surface area contributed by atoms with Gasteiger partial charge in [0.25, 0.3) is 0 Å². The maximum Gasteiger partial charge on any atom is 0.142 e. The van der Waals surface area contributed by atoms with Gasteiger partial charge in [-0.25, -0.2) is 0 Å². The van der Waals surface area contributed by atoms with Gasteiger partial charge < -0.3 is 20.3 Å². The Balaban J connectivity index is 1.82. The minimum atomic E-state index is -0.750. The normalized spacial score (nSPS) is 12.0. The first-order chi connectivity index (χ1) is 10.1. The Bertz CT molecular complexity index is 604. The largest absolute Gasteiger partial charge is 0.490 e. The minimum Gasteiger partial charge on any atom is -0.490 e. The second-order valence-corrected chi connectivity index (χ2v) is 5.16. The predicted molar refractivity (Wildman–Crippen MR) is 84.0 cm³/mol. The summed E-state index contributed by atoms with van der Waals surface area (Å²) in [6.45, 7) is 2.14. The summed E-state index contributed by atoms with van der Waals surface area (Å²) in [6.07, 6.45) is -0.750. The van der Waals surface area contributed by atoms with Crippen LogP contribution in [0.2, 0.25) is 5.02 Å². The van der Waals surface area contributed by atoms with Crippen molar-refractivity contribution in [2.24, 2.45) is 0 Å². The molecule has 3 N–H and O–H groups in total. The number of ether oxygens (including phenoxy) is 2. The van der Waals surface area contributed by atoms with Gasteiger partial charge in [0.2, 0.25) is 0 Å². The van der Waals surface area contributed by atoms with E-state index in [4.69, 9.17) is 26.8 Å². The van der Waals surface area contributed by atoms with Crippen LogP contribution in [0.1, 0.15) is 5.56 Å². The Labute approximate surface area is 129 Å². The zero-order valence-electron chi connectivity index (χ0n) is 11.8. The molecule has 0 aliphatic rings. The van der Waals surface area contributed by atoms with Crippen molar-refractivity contribution in [3.05, 3.63) is 53.1 Å². The molecule has 2 aromatic rings. The first-order valence-electron chi connectivity index (χ1n) is 6.60. The lowest BCUT2D eigenvalue weighted by molar-refractivity contribution is 0.0627. The fourth-order valence-corrected chi connectivity index (χ4v) is 2.03. The van der Waals surface area contributed by atoms with Crippen molar-refractivity contribution in [3.8, 4) is 11.5 Å². The van der Waals surface area contributed by atoms with Crippen LogP contribution in [0.3, 0.4) is 0 Å². The van der Waals surface area contributed by atoms with E-state index in [1.165, 1.54) is 0 Å². The molecule has 0 radical (unpaired) electrons. The van der Waals surface area contributed by atoms with E-state index >= 15 is 0 Å². The van der Waals surface area contributed by atoms with E-state index < -0.39 is 6.10 Å². The van der Waals surface area contributed by atoms with Crippen LogP contribution in [-0.4, -0.2) is 24.4 Å². The molecule has 0 amide bonds. The summed E-state index contributed by atoms with van der Waals surface area (Å²) in [5, 5.41) is 10.5. The number of aliphatic hydroxyl groups is 1. The molecule has 0 bridgehead atoms. The van der Waals surface area contributed by atoms with Gasteiger partial charge in [0.15, 0.2) is 0 Å². The van der Waals surface area contributed by atoms with Crippen LogP contribution in [0.5, 0.6) is 11.5 Å². The molecule has 112 valence electrons. The van der Waals surface area contributed by atoms with Crippen molar-refractivity contribution in [2.75, 3.05) is 18.9 Å². The summed E-state index contributed by atoms with van der Waals surface area (Å²) < 4.78 is 11.0. The third-order valence-corrected chi connectivity index (χ3v) is 3.15. The maximum absolute atomic E-state index is 9.89. The number of rotatable bonds is 6. The lowest BCUT2D eigenvalue weighted by Gasteiger charge is -2.15. The van der Waals surface area contributed by atoms with E-state index in [9.17, 15) is 5.11 Å². The Kier molecular flexibility index (Phi) is 5.31. The molecule has 2 rings (SSSR count). The molecular formula is C16H18ClNO3. The van der Waals surface area contributed by atoms with Gasteiger partial charge in [-0.15, -0.1) is 0 Å². The van der Waals surface area contributed by atoms with Crippen LogP contribution in [0.4, 0.5) is 5.69 Å². The number of nitrogens with two attached hydrogens (primary N) is 1. The van der Waals surface area contributed by atoms with Gasteiger partial charge >= 0.3 is 0 Å². The smallest absolute Gasteiger partial charge is 0.142 e. The molecule has 0 saturated carbocycles. The Hall–Kier alpha value is -1.91. The topological polar surface area (TPSA) is 64.7 Å². The van der Waals surface area contributed by atoms with Crippen molar-refractivity contribution in [1.29, 1.82) is 0 Å². The molecule has 1 atom stereocenters. The van der Waals surface area contributed by atoms with E-state index in [-0.39, 0.29) is 13.2 Å². The molecule has 2 aromatic carbocycles. The quantitative estimate of drug-likeness (QED) is 0.805. The Morgan fingerprint density at radius 2 is 1.76 bits per heavy atom. The van der Waals surface area contributed by atoms with Gasteiger partial charge in [-0.1, -0.05) is 23.7 Å². The zero-order valence-corrected chi connectivity index (χ0v) is 12.5. The maximum atomic E-state index is 9.89. The van der Waals surface area contributed by atoms with Gasteiger partial charge in [0, 0.05) is 5.02 Å². The van der Waals surface area contributed by atoms with Crippen LogP contribution >= 0.6 is 11.6 Å². The second kappa shape index (κ2) is 7.20. The number of anilines is 1. The number of nitrogen functional groups attached to an aromatic ring is 1. The van der Waals surface area contributed by atoms with Crippen LogP contribution in [0, 0.1) is 6.92 Å². The lowest BCUT2D eigenvalue weighted by Crippen LogP contribution is -2.25. The first-order valence-corrected chi connectivity index (χ1v) is 6.98. The highest BCUT2D eigenvalue weighted by atomic mass is 35.5. The molecule has 1 unspecified atom stereocenters. The number of halogens is 1. The third-order valence-electron chi connectivity index (χ3n) is 2.92. The van der Waals surface area contributed by atoms with Gasteiger partial charge in [0.05, 0.1) is 5.69 Å². The summed E-state index contributed by atoms with van der Waals surface area (Å²) in [7, 11) is 0. The molecular weight excluding hydrogens is 290 g/mol. The van der Waals surface area contributed by atoms with Crippen molar-refractivity contribution >= 4 is 17.3 Å². The minimum absolute atomic E-state index is 0.112. The number of hydrogen-bond donors (Lipinski definition) is 2. The number of aryl methyl sites for hydroxylation is 1. The number of para-hydroxylation sites is 2. The Morgan fingerprint density at radius 3 is 2.43 bits per heavy atom. The highest BCUT2D eigenvalue weighted by molar-refractivity contribution is 6.30. The molecule has 4 nitrogen and oxygen atoms in total. The van der Waals surface area contributed by atoms with Crippen LogP contribution in [0.15, 0.2) is 42.5 Å². The monoisotopic (exact) mass is 307 g/mol. The summed E-state index contributed by atoms with van der Waals surface area (Å²) in [6, 6.07) is 12.5. The molecule has 0 saturated heterocycles. The average molecular weight is 308 g/mol. The molecule has 0 fully saturated rings. The SMILES string of the molecule is Cc1cc(Cl)ccc1OCC(O)COc1ccccc1N. The van der Waals surface area contributed by atoms with Crippen LogP contribution in [0.25, 0.3) is 0 Å². The first kappa shape index (κ1) is 15.5. The predicted octanol–water partition coefficient (Wildman–Crippen LogP) is 3.05. The van der Waals surface area contributed by atoms with E-state index in [0.29, 0.717) is 22.2 Å². The number of aliphatic hydroxyl groups excluding tert-OH is 1. The van der Waals surface area contributed by atoms with E-state index in [1.807, 2.05) is 25.1 Å². The van der Waals surface area contributed by atoms with Crippen LogP contribution in [-0.2, 0) is 0 Å². The summed E-state index contributed by atoms with van der Waals surface area (Å²) in [4.78, 5) is 0. The standard InChI is InChI=1S/C16H18ClNO3/c1-11-8-12(17)6-7-15(11)20-9-13(19)10-21-16-5-3-2-4-14(16)18/h2-8,13,19H,9-10,18H2,1H3. The fraction of sp³-hybridized carbons (Fsp3) is 0.250. The molecule has 0 aliphatic heterocycles. The highest BCUT2D eigenvalue weighted by Crippen LogP contribution is 2.22. The molecule has 21 heavy (non-hydrogen) atoms. The zero-order chi connectivity index (χ0) is 15.2. The van der Waals surface area contributed by atoms with Crippen LogP contribution < -0.4 is 15.2 Å². The molecule has 0 heterocycles. The number of hydrogen-bond acceptors (Lipinski definition) is 4. The lowest BCUT2D eigenvalue weighted by atomic mass is 10.2. The van der Waals surface area contributed by atoms with Crippen molar-refractivity contribution in [3.63, 3.8) is 0 Å². The average Bonchev–Trinajstić information content (AvgIpc) is 2.45. The molecule has 0 spiro atoms. The van der Waals surface area contributed by atoms with Crippen molar-refractivity contribution in [2.45, 2.75) is 13.0 Å². The van der Waals surface area contributed by atoms with E-state index in [0.717, 1.165) is 5.56 Å². The van der Waals surface area contributed by atoms with Crippen molar-refractivity contribution in [1.82, 2.24) is 0 Å². The van der Waals surface area contributed by atoms with Gasteiger partial charge in [0.1, 0.15) is 30.8 Å². The van der Waals surface area contributed by atoms with E-state index in [1.54, 1.807) is 24.3 Å². The number of benzene rings is 2. The highest BCUT2D eigenvalue weighted by Gasteiger charge is 2.09. The second-order valence-electron chi connectivity index (χ2n) is 4.72. The summed E-state index contributed by atoms with van der Waals surface area (Å²) in [5.41, 5.74) is 7.22. The molecule has 0 aliphatic carbocycles. The van der Waals surface area contributed by atoms with Gasteiger partial charge in [-0.2, -0.15) is 0 Å². The van der Waals surface area contributed by atoms with Gasteiger partial charge in [-0.3, -0.25) is 0 Å². The summed E-state index contributed by atoms with van der Waals surface area (Å²) >= 11 is 5.88. The van der Waals surface area contributed by atoms with Gasteiger partial charge in [-0.05, 0) is 42.8 Å². The third kappa shape index (κ3) is 4.55. The summed E-state index contributed by atoms with van der Waals surface area (Å²) in [5.74, 6) is 1.25.